The third-order valence-electron chi connectivity index (χ3n) is 2.72. The zero-order valence-electron chi connectivity index (χ0n) is 10.3. The van der Waals surface area contributed by atoms with Crippen molar-refractivity contribution in [2.75, 3.05) is 6.54 Å². The van der Waals surface area contributed by atoms with E-state index in [0.717, 1.165) is 19.3 Å². The van der Waals surface area contributed by atoms with Gasteiger partial charge in [0.05, 0.1) is 12.5 Å². The van der Waals surface area contributed by atoms with Crippen LogP contribution in [0.1, 0.15) is 46.0 Å². The number of hydrogen-bond donors (Lipinski definition) is 2. The van der Waals surface area contributed by atoms with Crippen molar-refractivity contribution in [3.8, 4) is 6.07 Å². The topological polar surface area (TPSA) is 78.9 Å². The van der Waals surface area contributed by atoms with Crippen LogP contribution >= 0.6 is 0 Å². The molecule has 0 aliphatic heterocycles. The van der Waals surface area contributed by atoms with Crippen molar-refractivity contribution in [3.63, 3.8) is 0 Å². The second kappa shape index (κ2) is 9.17. The first kappa shape index (κ1) is 14.9. The molecule has 0 radical (unpaired) electrons. The molecule has 0 rings (SSSR count). The number of rotatable bonds is 8. The van der Waals surface area contributed by atoms with E-state index in [1.54, 1.807) is 0 Å². The number of nitrogens with one attached hydrogen (secondary N) is 1. The Morgan fingerprint density at radius 3 is 2.69 bits per heavy atom. The van der Waals surface area contributed by atoms with E-state index in [1.807, 2.05) is 6.92 Å². The molecule has 3 N–H and O–H groups in total. The van der Waals surface area contributed by atoms with Gasteiger partial charge < -0.3 is 11.1 Å². The molecule has 4 nitrogen and oxygen atoms in total. The molecule has 0 aromatic carbocycles. The predicted octanol–water partition coefficient (Wildman–Crippen LogP) is 1.56. The van der Waals surface area contributed by atoms with Gasteiger partial charge in [-0.05, 0) is 31.7 Å². The lowest BCUT2D eigenvalue weighted by atomic mass is 10.0. The van der Waals surface area contributed by atoms with Gasteiger partial charge in [-0.15, -0.1) is 0 Å². The molecule has 4 heteroatoms. The average molecular weight is 225 g/mol. The molecule has 0 aliphatic rings. The van der Waals surface area contributed by atoms with Crippen molar-refractivity contribution in [3.05, 3.63) is 0 Å². The third-order valence-corrected chi connectivity index (χ3v) is 2.72. The Kier molecular flexibility index (Phi) is 8.55. The molecular formula is C12H23N3O. The number of carbonyl (C=O) groups is 1. The second-order valence-electron chi connectivity index (χ2n) is 4.26. The number of nitriles is 1. The smallest absolute Gasteiger partial charge is 0.220 e. The molecule has 0 fully saturated rings. The summed E-state index contributed by atoms with van der Waals surface area (Å²) in [6.07, 6.45) is 3.55. The van der Waals surface area contributed by atoms with Gasteiger partial charge in [-0.1, -0.05) is 13.8 Å². The van der Waals surface area contributed by atoms with Gasteiger partial charge in [0.15, 0.2) is 0 Å². The number of nitrogens with zero attached hydrogens (tertiary/aromatic N) is 1. The standard InChI is InChI=1S/C12H23N3O/c1-3-11(7-9-14)15-12(16)5-4-10(2)6-8-13/h10-11H,3-8,13H2,1-2H3,(H,15,16). The molecule has 0 saturated carbocycles. The third kappa shape index (κ3) is 7.24. The molecule has 2 unspecified atom stereocenters. The largest absolute Gasteiger partial charge is 0.352 e. The van der Waals surface area contributed by atoms with E-state index < -0.39 is 0 Å². The van der Waals surface area contributed by atoms with Gasteiger partial charge in [0, 0.05) is 12.5 Å². The molecule has 0 aromatic heterocycles. The van der Waals surface area contributed by atoms with Crippen LogP contribution in [-0.4, -0.2) is 18.5 Å². The van der Waals surface area contributed by atoms with Gasteiger partial charge in [0.25, 0.3) is 0 Å². The number of hydrogen-bond acceptors (Lipinski definition) is 3. The van der Waals surface area contributed by atoms with E-state index >= 15 is 0 Å². The first-order valence-electron chi connectivity index (χ1n) is 6.00. The summed E-state index contributed by atoms with van der Waals surface area (Å²) in [7, 11) is 0. The second-order valence-corrected chi connectivity index (χ2v) is 4.26. The fraction of sp³-hybridized carbons (Fsp3) is 0.833. The van der Waals surface area contributed by atoms with Crippen molar-refractivity contribution in [1.29, 1.82) is 5.26 Å². The normalized spacial score (nSPS) is 13.9. The van der Waals surface area contributed by atoms with Crippen LogP contribution in [0.3, 0.4) is 0 Å². The molecule has 0 heterocycles. The fourth-order valence-corrected chi connectivity index (χ4v) is 1.51. The molecular weight excluding hydrogens is 202 g/mol. The van der Waals surface area contributed by atoms with Crippen molar-refractivity contribution < 1.29 is 4.79 Å². The maximum atomic E-state index is 11.5. The molecule has 0 aliphatic carbocycles. The van der Waals surface area contributed by atoms with Crippen LogP contribution in [0.2, 0.25) is 0 Å². The number of amides is 1. The van der Waals surface area contributed by atoms with Gasteiger partial charge in [-0.25, -0.2) is 0 Å². The minimum absolute atomic E-state index is 0.00214. The summed E-state index contributed by atoms with van der Waals surface area (Å²) < 4.78 is 0. The Morgan fingerprint density at radius 1 is 1.50 bits per heavy atom. The van der Waals surface area contributed by atoms with Gasteiger partial charge in [-0.3, -0.25) is 4.79 Å². The Labute approximate surface area is 98.2 Å². The van der Waals surface area contributed by atoms with E-state index in [1.165, 1.54) is 0 Å². The maximum absolute atomic E-state index is 11.5. The minimum atomic E-state index is 0.00214. The van der Waals surface area contributed by atoms with Crippen LogP contribution < -0.4 is 11.1 Å². The summed E-state index contributed by atoms with van der Waals surface area (Å²) in [5.41, 5.74) is 5.44. The molecule has 92 valence electrons. The number of carbonyl (C=O) groups excluding carboxylic acids is 1. The SMILES string of the molecule is CCC(CC#N)NC(=O)CCC(C)CCN. The molecule has 1 amide bonds. The van der Waals surface area contributed by atoms with E-state index in [0.29, 0.717) is 25.3 Å². The Bertz CT molecular complexity index is 235. The summed E-state index contributed by atoms with van der Waals surface area (Å²) in [5, 5.41) is 11.4. The lowest BCUT2D eigenvalue weighted by Gasteiger charge is -2.14. The van der Waals surface area contributed by atoms with E-state index in [2.05, 4.69) is 18.3 Å². The van der Waals surface area contributed by atoms with Crippen LogP contribution in [0.25, 0.3) is 0 Å². The van der Waals surface area contributed by atoms with Crippen LogP contribution in [-0.2, 0) is 4.79 Å². The predicted molar refractivity (Wildman–Crippen MR) is 64.5 cm³/mol. The van der Waals surface area contributed by atoms with Crippen molar-refractivity contribution in [2.24, 2.45) is 11.7 Å². The van der Waals surface area contributed by atoms with Crippen molar-refractivity contribution in [2.45, 2.75) is 52.0 Å². The van der Waals surface area contributed by atoms with Gasteiger partial charge >= 0.3 is 0 Å². The Balaban J connectivity index is 3.76. The lowest BCUT2D eigenvalue weighted by Crippen LogP contribution is -2.34. The summed E-state index contributed by atoms with van der Waals surface area (Å²) in [4.78, 5) is 11.5. The highest BCUT2D eigenvalue weighted by Crippen LogP contribution is 2.09. The molecule has 0 bridgehead atoms. The molecule has 0 aromatic rings. The van der Waals surface area contributed by atoms with Crippen LogP contribution in [0.5, 0.6) is 0 Å². The zero-order chi connectivity index (χ0) is 12.4. The lowest BCUT2D eigenvalue weighted by molar-refractivity contribution is -0.122. The van der Waals surface area contributed by atoms with E-state index in [9.17, 15) is 4.79 Å². The quantitative estimate of drug-likeness (QED) is 0.658. The first-order chi connectivity index (χ1) is 7.63. The number of nitrogens with two attached hydrogens (primary N) is 1. The van der Waals surface area contributed by atoms with Gasteiger partial charge in [0.1, 0.15) is 0 Å². The summed E-state index contributed by atoms with van der Waals surface area (Å²) in [6, 6.07) is 2.08. The van der Waals surface area contributed by atoms with E-state index in [4.69, 9.17) is 11.0 Å². The van der Waals surface area contributed by atoms with Crippen molar-refractivity contribution >= 4 is 5.91 Å². The monoisotopic (exact) mass is 225 g/mol. The highest BCUT2D eigenvalue weighted by molar-refractivity contribution is 5.76. The molecule has 0 saturated heterocycles. The maximum Gasteiger partial charge on any atom is 0.220 e. The van der Waals surface area contributed by atoms with Crippen LogP contribution in [0.15, 0.2) is 0 Å². The van der Waals surface area contributed by atoms with Crippen molar-refractivity contribution in [1.82, 2.24) is 5.32 Å². The summed E-state index contributed by atoms with van der Waals surface area (Å²) in [5.74, 6) is 0.540. The Hall–Kier alpha value is -1.08. The van der Waals surface area contributed by atoms with Gasteiger partial charge in [0.2, 0.25) is 5.91 Å². The fourth-order valence-electron chi connectivity index (χ4n) is 1.51. The van der Waals surface area contributed by atoms with Crippen LogP contribution in [0.4, 0.5) is 0 Å². The van der Waals surface area contributed by atoms with Gasteiger partial charge in [-0.2, -0.15) is 5.26 Å². The first-order valence-corrected chi connectivity index (χ1v) is 6.00. The zero-order valence-corrected chi connectivity index (χ0v) is 10.3. The minimum Gasteiger partial charge on any atom is -0.352 e. The van der Waals surface area contributed by atoms with E-state index in [-0.39, 0.29) is 11.9 Å². The summed E-state index contributed by atoms with van der Waals surface area (Å²) in [6.45, 7) is 4.75. The highest BCUT2D eigenvalue weighted by Gasteiger charge is 2.11. The highest BCUT2D eigenvalue weighted by atomic mass is 16.1. The Morgan fingerprint density at radius 2 is 2.19 bits per heavy atom. The average Bonchev–Trinajstić information content (AvgIpc) is 2.26. The van der Waals surface area contributed by atoms with Crippen LogP contribution in [0, 0.1) is 17.2 Å². The molecule has 16 heavy (non-hydrogen) atoms. The summed E-state index contributed by atoms with van der Waals surface area (Å²) >= 11 is 0. The molecule has 0 spiro atoms. The molecule has 2 atom stereocenters.